The van der Waals surface area contributed by atoms with Gasteiger partial charge in [0, 0.05) is 26.0 Å². The van der Waals surface area contributed by atoms with Crippen molar-refractivity contribution >= 4 is 11.6 Å². The summed E-state index contributed by atoms with van der Waals surface area (Å²) >= 11 is 0. The molecule has 2 aromatic heterocycles. The Morgan fingerprint density at radius 1 is 1.35 bits per heavy atom. The first-order chi connectivity index (χ1) is 12.5. The molecular formula is C20H22FN3O2. The minimum absolute atomic E-state index is 0.179. The fraction of sp³-hybridized carbons (Fsp3) is 0.300. The maximum atomic E-state index is 13.5. The van der Waals surface area contributed by atoms with Crippen molar-refractivity contribution in [2.45, 2.75) is 26.4 Å². The summed E-state index contributed by atoms with van der Waals surface area (Å²) in [7, 11) is 1.59. The van der Waals surface area contributed by atoms with E-state index in [1.165, 1.54) is 12.1 Å². The molecule has 1 amide bonds. The molecule has 0 aliphatic carbocycles. The van der Waals surface area contributed by atoms with Gasteiger partial charge in [0.25, 0.3) is 5.91 Å². The standard InChI is InChI=1S/C20H22FN3O2/c1-14-6-5-9-23-12-18(22-19(14)23)20(25)24(15(2)13-26-3)11-16-7-4-8-17(21)10-16/h4-10,12,15H,11,13H2,1-3H3/t15-/m1/s1. The minimum atomic E-state index is -0.322. The third kappa shape index (κ3) is 3.75. The fourth-order valence-electron chi connectivity index (χ4n) is 2.99. The first kappa shape index (κ1) is 18.1. The molecule has 0 N–H and O–H groups in total. The second-order valence-corrected chi connectivity index (χ2v) is 6.42. The van der Waals surface area contributed by atoms with E-state index in [9.17, 15) is 9.18 Å². The number of fused-ring (bicyclic) bond motifs is 1. The summed E-state index contributed by atoms with van der Waals surface area (Å²) in [6.45, 7) is 4.53. The van der Waals surface area contributed by atoms with E-state index < -0.39 is 0 Å². The summed E-state index contributed by atoms with van der Waals surface area (Å²) in [5, 5.41) is 0. The van der Waals surface area contributed by atoms with Crippen LogP contribution in [-0.2, 0) is 11.3 Å². The van der Waals surface area contributed by atoms with E-state index in [1.54, 1.807) is 30.3 Å². The Morgan fingerprint density at radius 2 is 2.15 bits per heavy atom. The number of pyridine rings is 1. The molecule has 136 valence electrons. The summed E-state index contributed by atoms with van der Waals surface area (Å²) in [5.41, 5.74) is 2.83. The number of imidazole rings is 1. The van der Waals surface area contributed by atoms with Crippen molar-refractivity contribution in [1.82, 2.24) is 14.3 Å². The van der Waals surface area contributed by atoms with Gasteiger partial charge in [-0.05, 0) is 43.2 Å². The van der Waals surface area contributed by atoms with Crippen molar-refractivity contribution in [2.24, 2.45) is 0 Å². The zero-order valence-corrected chi connectivity index (χ0v) is 15.1. The number of methoxy groups -OCH3 is 1. The van der Waals surface area contributed by atoms with Crippen LogP contribution < -0.4 is 0 Å². The van der Waals surface area contributed by atoms with Gasteiger partial charge in [-0.25, -0.2) is 9.37 Å². The number of carbonyl (C=O) groups excluding carboxylic acids is 1. The zero-order valence-electron chi connectivity index (χ0n) is 15.1. The molecule has 0 aliphatic heterocycles. The number of aromatic nitrogens is 2. The van der Waals surface area contributed by atoms with E-state index >= 15 is 0 Å². The van der Waals surface area contributed by atoms with Gasteiger partial charge in [0.05, 0.1) is 12.6 Å². The highest BCUT2D eigenvalue weighted by Crippen LogP contribution is 2.16. The third-order valence-electron chi connectivity index (χ3n) is 4.34. The number of amides is 1. The largest absolute Gasteiger partial charge is 0.383 e. The van der Waals surface area contributed by atoms with Gasteiger partial charge >= 0.3 is 0 Å². The molecule has 0 saturated carbocycles. The molecule has 0 saturated heterocycles. The monoisotopic (exact) mass is 355 g/mol. The van der Waals surface area contributed by atoms with E-state index in [4.69, 9.17) is 4.74 Å². The van der Waals surface area contributed by atoms with E-state index in [-0.39, 0.29) is 24.3 Å². The van der Waals surface area contributed by atoms with E-state index in [0.717, 1.165) is 16.8 Å². The SMILES string of the molecule is COC[C@@H](C)N(Cc1cccc(F)c1)C(=O)c1cn2cccc(C)c2n1. The van der Waals surface area contributed by atoms with Crippen LogP contribution in [0.4, 0.5) is 4.39 Å². The molecule has 6 heteroatoms. The van der Waals surface area contributed by atoms with Crippen LogP contribution >= 0.6 is 0 Å². The summed E-state index contributed by atoms with van der Waals surface area (Å²) in [6, 6.07) is 9.96. The Bertz CT molecular complexity index is 922. The van der Waals surface area contributed by atoms with Crippen LogP contribution in [0.5, 0.6) is 0 Å². The lowest BCUT2D eigenvalue weighted by molar-refractivity contribution is 0.0537. The average molecular weight is 355 g/mol. The van der Waals surface area contributed by atoms with Gasteiger partial charge in [-0.3, -0.25) is 4.79 Å². The molecule has 1 aromatic carbocycles. The Balaban J connectivity index is 1.94. The number of benzene rings is 1. The molecule has 0 radical (unpaired) electrons. The first-order valence-corrected chi connectivity index (χ1v) is 8.48. The number of carbonyl (C=O) groups is 1. The van der Waals surface area contributed by atoms with Crippen molar-refractivity contribution in [2.75, 3.05) is 13.7 Å². The van der Waals surface area contributed by atoms with Crippen molar-refractivity contribution < 1.29 is 13.9 Å². The summed E-state index contributed by atoms with van der Waals surface area (Å²) in [4.78, 5) is 19.3. The van der Waals surface area contributed by atoms with E-state index in [0.29, 0.717) is 12.3 Å². The van der Waals surface area contributed by atoms with E-state index in [1.807, 2.05) is 36.6 Å². The Labute approximate surface area is 152 Å². The Morgan fingerprint density at radius 3 is 2.85 bits per heavy atom. The molecule has 2 heterocycles. The maximum Gasteiger partial charge on any atom is 0.274 e. The summed E-state index contributed by atoms with van der Waals surface area (Å²) in [6.07, 6.45) is 3.59. The number of nitrogens with zero attached hydrogens (tertiary/aromatic N) is 3. The van der Waals surface area contributed by atoms with Crippen LogP contribution in [0.2, 0.25) is 0 Å². The van der Waals surface area contributed by atoms with Crippen LogP contribution in [0.1, 0.15) is 28.5 Å². The summed E-state index contributed by atoms with van der Waals surface area (Å²) in [5.74, 6) is -0.528. The third-order valence-corrected chi connectivity index (χ3v) is 4.34. The minimum Gasteiger partial charge on any atom is -0.383 e. The highest BCUT2D eigenvalue weighted by molar-refractivity contribution is 5.93. The molecular weight excluding hydrogens is 333 g/mol. The lowest BCUT2D eigenvalue weighted by atomic mass is 10.1. The van der Waals surface area contributed by atoms with Gasteiger partial charge in [0.15, 0.2) is 0 Å². The molecule has 1 atom stereocenters. The lowest BCUT2D eigenvalue weighted by Crippen LogP contribution is -2.40. The van der Waals surface area contributed by atoms with Crippen LogP contribution in [-0.4, -0.2) is 40.0 Å². The van der Waals surface area contributed by atoms with Crippen molar-refractivity contribution in [1.29, 1.82) is 0 Å². The van der Waals surface area contributed by atoms with Crippen LogP contribution in [0.3, 0.4) is 0 Å². The van der Waals surface area contributed by atoms with E-state index in [2.05, 4.69) is 4.98 Å². The second kappa shape index (κ2) is 7.66. The van der Waals surface area contributed by atoms with Crippen LogP contribution in [0.15, 0.2) is 48.8 Å². The Kier molecular flexibility index (Phi) is 5.32. The summed E-state index contributed by atoms with van der Waals surface area (Å²) < 4.78 is 20.6. The van der Waals surface area contributed by atoms with Gasteiger partial charge in [0.1, 0.15) is 17.2 Å². The molecule has 5 nitrogen and oxygen atoms in total. The smallest absolute Gasteiger partial charge is 0.274 e. The number of hydrogen-bond acceptors (Lipinski definition) is 3. The van der Waals surface area contributed by atoms with Crippen molar-refractivity contribution in [3.8, 4) is 0 Å². The highest BCUT2D eigenvalue weighted by Gasteiger charge is 2.24. The lowest BCUT2D eigenvalue weighted by Gasteiger charge is -2.28. The number of rotatable bonds is 6. The fourth-order valence-corrected chi connectivity index (χ4v) is 2.99. The molecule has 3 rings (SSSR count). The van der Waals surface area contributed by atoms with Crippen LogP contribution in [0, 0.1) is 12.7 Å². The molecule has 0 unspecified atom stereocenters. The second-order valence-electron chi connectivity index (χ2n) is 6.42. The average Bonchev–Trinajstić information content (AvgIpc) is 3.05. The van der Waals surface area contributed by atoms with Gasteiger partial charge in [0.2, 0.25) is 0 Å². The predicted octanol–water partition coefficient (Wildman–Crippen LogP) is 3.46. The van der Waals surface area contributed by atoms with Gasteiger partial charge in [-0.1, -0.05) is 18.2 Å². The van der Waals surface area contributed by atoms with Gasteiger partial charge in [-0.15, -0.1) is 0 Å². The quantitative estimate of drug-likeness (QED) is 0.680. The number of hydrogen-bond donors (Lipinski definition) is 0. The molecule has 26 heavy (non-hydrogen) atoms. The zero-order chi connectivity index (χ0) is 18.7. The predicted molar refractivity (Wildman–Crippen MR) is 97.5 cm³/mol. The van der Waals surface area contributed by atoms with Gasteiger partial charge < -0.3 is 14.0 Å². The molecule has 3 aromatic rings. The number of ether oxygens (including phenoxy) is 1. The normalized spacial score (nSPS) is 12.3. The molecule has 0 fully saturated rings. The molecule has 0 aliphatic rings. The molecule has 0 bridgehead atoms. The van der Waals surface area contributed by atoms with Crippen molar-refractivity contribution in [3.05, 3.63) is 71.4 Å². The first-order valence-electron chi connectivity index (χ1n) is 8.48. The molecule has 0 spiro atoms. The van der Waals surface area contributed by atoms with Crippen LogP contribution in [0.25, 0.3) is 5.65 Å². The maximum absolute atomic E-state index is 13.5. The van der Waals surface area contributed by atoms with Gasteiger partial charge in [-0.2, -0.15) is 0 Å². The number of halogens is 1. The Hall–Kier alpha value is -2.73. The topological polar surface area (TPSA) is 46.8 Å². The van der Waals surface area contributed by atoms with Crippen molar-refractivity contribution in [3.63, 3.8) is 0 Å². The highest BCUT2D eigenvalue weighted by atomic mass is 19.1. The number of aryl methyl sites for hydroxylation is 1.